The molecule has 1 aliphatic heterocycles. The lowest BCUT2D eigenvalue weighted by molar-refractivity contribution is 0.0601. The molecule has 4 aromatic rings. The SMILES string of the molecule is Cc1c(C(=O)N2CCN(C(c3ccccc3)c3ccccc3)CC2)sc2ncn(C)c(=O)c12. The normalized spacial score (nSPS) is 14.8. The number of nitrogens with zero attached hydrogens (tertiary/aromatic N) is 4. The van der Waals surface area contributed by atoms with Crippen molar-refractivity contribution in [2.45, 2.75) is 13.0 Å². The van der Waals surface area contributed by atoms with Gasteiger partial charge in [0.15, 0.2) is 0 Å². The van der Waals surface area contributed by atoms with E-state index in [0.29, 0.717) is 28.2 Å². The Kier molecular flexibility index (Phi) is 5.83. The molecule has 2 aromatic heterocycles. The highest BCUT2D eigenvalue weighted by atomic mass is 32.1. The fraction of sp³-hybridized carbons (Fsp3) is 0.269. The second kappa shape index (κ2) is 8.92. The molecule has 0 atom stereocenters. The van der Waals surface area contributed by atoms with Crippen LogP contribution in [0.5, 0.6) is 0 Å². The Morgan fingerprint density at radius 1 is 0.939 bits per heavy atom. The summed E-state index contributed by atoms with van der Waals surface area (Å²) in [6.07, 6.45) is 1.51. The van der Waals surface area contributed by atoms with E-state index in [-0.39, 0.29) is 17.5 Å². The van der Waals surface area contributed by atoms with Gasteiger partial charge >= 0.3 is 0 Å². The molecule has 3 heterocycles. The Bertz CT molecular complexity index is 1300. The van der Waals surface area contributed by atoms with Crippen molar-refractivity contribution in [3.05, 3.63) is 98.9 Å². The van der Waals surface area contributed by atoms with Crippen molar-refractivity contribution in [3.63, 3.8) is 0 Å². The third-order valence-corrected chi connectivity index (χ3v) is 7.59. The van der Waals surface area contributed by atoms with Crippen molar-refractivity contribution in [1.29, 1.82) is 0 Å². The summed E-state index contributed by atoms with van der Waals surface area (Å²) in [4.78, 5) is 35.9. The molecule has 0 N–H and O–H groups in total. The quantitative estimate of drug-likeness (QED) is 0.466. The smallest absolute Gasteiger partial charge is 0.264 e. The molecule has 1 amide bonds. The first kappa shape index (κ1) is 21.6. The van der Waals surface area contributed by atoms with Crippen LogP contribution >= 0.6 is 11.3 Å². The molecule has 1 aliphatic rings. The summed E-state index contributed by atoms with van der Waals surface area (Å²) in [6, 6.07) is 21.2. The second-order valence-electron chi connectivity index (χ2n) is 8.45. The van der Waals surface area contributed by atoms with Crippen LogP contribution in [-0.4, -0.2) is 51.4 Å². The number of carbonyl (C=O) groups is 1. The number of amides is 1. The molecule has 0 unspecified atom stereocenters. The van der Waals surface area contributed by atoms with E-state index in [0.717, 1.165) is 18.7 Å². The number of carbonyl (C=O) groups excluding carboxylic acids is 1. The zero-order valence-corrected chi connectivity index (χ0v) is 19.6. The average molecular weight is 459 g/mol. The average Bonchev–Trinajstić information content (AvgIpc) is 3.20. The minimum Gasteiger partial charge on any atom is -0.335 e. The van der Waals surface area contributed by atoms with Gasteiger partial charge in [0.2, 0.25) is 0 Å². The van der Waals surface area contributed by atoms with Gasteiger partial charge in [-0.05, 0) is 23.6 Å². The first-order chi connectivity index (χ1) is 16.0. The molecular formula is C26H26N4O2S. The predicted octanol–water partition coefficient (Wildman–Crippen LogP) is 3.85. The minimum absolute atomic E-state index is 0.00632. The summed E-state index contributed by atoms with van der Waals surface area (Å²) in [5.41, 5.74) is 3.14. The predicted molar refractivity (Wildman–Crippen MR) is 132 cm³/mol. The van der Waals surface area contributed by atoms with Gasteiger partial charge in [0.1, 0.15) is 4.83 Å². The van der Waals surface area contributed by atoms with Crippen LogP contribution in [0.25, 0.3) is 10.2 Å². The summed E-state index contributed by atoms with van der Waals surface area (Å²) in [5.74, 6) is -0.00632. The van der Waals surface area contributed by atoms with Gasteiger partial charge in [0.05, 0.1) is 22.6 Å². The first-order valence-electron chi connectivity index (χ1n) is 11.1. The van der Waals surface area contributed by atoms with Crippen LogP contribution in [0, 0.1) is 6.92 Å². The van der Waals surface area contributed by atoms with E-state index in [4.69, 9.17) is 0 Å². The van der Waals surface area contributed by atoms with Crippen molar-refractivity contribution < 1.29 is 4.79 Å². The Morgan fingerprint density at radius 2 is 1.52 bits per heavy atom. The van der Waals surface area contributed by atoms with E-state index in [1.54, 1.807) is 7.05 Å². The Hall–Kier alpha value is -3.29. The van der Waals surface area contributed by atoms with E-state index < -0.39 is 0 Å². The largest absolute Gasteiger partial charge is 0.335 e. The van der Waals surface area contributed by atoms with E-state index in [2.05, 4.69) is 58.4 Å². The van der Waals surface area contributed by atoms with Gasteiger partial charge in [0, 0.05) is 33.2 Å². The fourth-order valence-corrected chi connectivity index (χ4v) is 5.73. The van der Waals surface area contributed by atoms with Gasteiger partial charge in [-0.2, -0.15) is 0 Å². The summed E-state index contributed by atoms with van der Waals surface area (Å²) < 4.78 is 1.46. The highest BCUT2D eigenvalue weighted by Gasteiger charge is 2.30. The van der Waals surface area contributed by atoms with Crippen LogP contribution in [0.15, 0.2) is 71.8 Å². The maximum atomic E-state index is 13.4. The summed E-state index contributed by atoms with van der Waals surface area (Å²) in [7, 11) is 1.68. The summed E-state index contributed by atoms with van der Waals surface area (Å²) >= 11 is 1.32. The highest BCUT2D eigenvalue weighted by molar-refractivity contribution is 7.20. The number of rotatable bonds is 4. The number of piperazine rings is 1. The van der Waals surface area contributed by atoms with Crippen LogP contribution < -0.4 is 5.56 Å². The third kappa shape index (κ3) is 3.98. The lowest BCUT2D eigenvalue weighted by Crippen LogP contribution is -2.49. The van der Waals surface area contributed by atoms with Crippen molar-refractivity contribution in [1.82, 2.24) is 19.4 Å². The van der Waals surface area contributed by atoms with Crippen LogP contribution in [0.4, 0.5) is 0 Å². The maximum absolute atomic E-state index is 13.4. The van der Waals surface area contributed by atoms with E-state index in [9.17, 15) is 9.59 Å². The van der Waals surface area contributed by atoms with Gasteiger partial charge in [-0.1, -0.05) is 60.7 Å². The number of hydrogen-bond donors (Lipinski definition) is 0. The van der Waals surface area contributed by atoms with Crippen molar-refractivity contribution >= 4 is 27.5 Å². The van der Waals surface area contributed by atoms with Crippen LogP contribution in [0.2, 0.25) is 0 Å². The zero-order chi connectivity index (χ0) is 22.9. The molecular weight excluding hydrogens is 432 g/mol. The molecule has 33 heavy (non-hydrogen) atoms. The topological polar surface area (TPSA) is 58.4 Å². The molecule has 0 saturated carbocycles. The third-order valence-electron chi connectivity index (χ3n) is 6.40. The molecule has 0 aliphatic carbocycles. The van der Waals surface area contributed by atoms with Crippen molar-refractivity contribution in [3.8, 4) is 0 Å². The molecule has 2 aromatic carbocycles. The Balaban J connectivity index is 1.38. The molecule has 1 saturated heterocycles. The lowest BCUT2D eigenvalue weighted by atomic mass is 9.96. The molecule has 0 spiro atoms. The van der Waals surface area contributed by atoms with Gasteiger partial charge in [0.25, 0.3) is 11.5 Å². The molecule has 0 radical (unpaired) electrons. The monoisotopic (exact) mass is 458 g/mol. The molecule has 5 rings (SSSR count). The molecule has 0 bridgehead atoms. The molecule has 7 heteroatoms. The van der Waals surface area contributed by atoms with Crippen LogP contribution in [0.3, 0.4) is 0 Å². The van der Waals surface area contributed by atoms with Crippen LogP contribution in [0.1, 0.15) is 32.4 Å². The number of aromatic nitrogens is 2. The van der Waals surface area contributed by atoms with Crippen molar-refractivity contribution in [2.24, 2.45) is 7.05 Å². The lowest BCUT2D eigenvalue weighted by Gasteiger charge is -2.39. The van der Waals surface area contributed by atoms with E-state index in [1.807, 2.05) is 24.0 Å². The van der Waals surface area contributed by atoms with Crippen LogP contribution in [-0.2, 0) is 7.05 Å². The maximum Gasteiger partial charge on any atom is 0.264 e. The Labute approximate surface area is 196 Å². The van der Waals surface area contributed by atoms with E-state index in [1.165, 1.54) is 33.4 Å². The number of benzene rings is 2. The fourth-order valence-electron chi connectivity index (χ4n) is 4.62. The van der Waals surface area contributed by atoms with Crippen molar-refractivity contribution in [2.75, 3.05) is 26.2 Å². The van der Waals surface area contributed by atoms with Gasteiger partial charge in [-0.3, -0.25) is 14.5 Å². The standard InChI is InChI=1S/C26H26N4O2S/c1-18-21-24(27-17-28(2)25(21)31)33-23(18)26(32)30-15-13-29(14-16-30)22(19-9-5-3-6-10-19)20-11-7-4-8-12-20/h3-12,17,22H,13-16H2,1-2H3. The summed E-state index contributed by atoms with van der Waals surface area (Å²) in [5, 5.41) is 0.556. The van der Waals surface area contributed by atoms with Gasteiger partial charge in [-0.15, -0.1) is 11.3 Å². The van der Waals surface area contributed by atoms with Gasteiger partial charge < -0.3 is 9.47 Å². The number of thiophene rings is 1. The van der Waals surface area contributed by atoms with Gasteiger partial charge in [-0.25, -0.2) is 4.98 Å². The number of fused-ring (bicyclic) bond motifs is 1. The van der Waals surface area contributed by atoms with E-state index >= 15 is 0 Å². The number of aryl methyl sites for hydroxylation is 2. The minimum atomic E-state index is -0.105. The molecule has 168 valence electrons. The Morgan fingerprint density at radius 3 is 2.09 bits per heavy atom. The number of hydrogen-bond acceptors (Lipinski definition) is 5. The first-order valence-corrected chi connectivity index (χ1v) is 11.9. The second-order valence-corrected chi connectivity index (χ2v) is 9.45. The summed E-state index contributed by atoms with van der Waals surface area (Å²) in [6.45, 7) is 4.71. The highest BCUT2D eigenvalue weighted by Crippen LogP contribution is 2.31. The molecule has 1 fully saturated rings. The molecule has 6 nitrogen and oxygen atoms in total. The zero-order valence-electron chi connectivity index (χ0n) is 18.8.